The van der Waals surface area contributed by atoms with E-state index in [1.807, 2.05) is 12.1 Å². The number of benzene rings is 1. The van der Waals surface area contributed by atoms with E-state index in [-0.39, 0.29) is 11.6 Å². The van der Waals surface area contributed by atoms with Gasteiger partial charge in [-0.05, 0) is 41.5 Å². The molecule has 2 aromatic heterocycles. The molecule has 1 aromatic carbocycles. The van der Waals surface area contributed by atoms with E-state index in [0.717, 1.165) is 5.56 Å². The molecule has 0 unspecified atom stereocenters. The van der Waals surface area contributed by atoms with Gasteiger partial charge in [0, 0.05) is 36.9 Å². The van der Waals surface area contributed by atoms with Crippen LogP contribution in [0.25, 0.3) is 6.08 Å². The molecule has 0 aliphatic heterocycles. The van der Waals surface area contributed by atoms with E-state index in [9.17, 15) is 9.59 Å². The van der Waals surface area contributed by atoms with E-state index in [1.54, 1.807) is 73.3 Å². The van der Waals surface area contributed by atoms with Gasteiger partial charge in [0.05, 0.1) is 0 Å². The van der Waals surface area contributed by atoms with Gasteiger partial charge in [-0.1, -0.05) is 30.3 Å². The molecular weight excluding hydrogens is 340 g/mol. The number of carbonyl (C=O) groups excluding carboxylic acids is 2. The number of aromatic nitrogens is 2. The van der Waals surface area contributed by atoms with Crippen LogP contribution in [-0.2, 0) is 11.3 Å². The highest BCUT2D eigenvalue weighted by Gasteiger charge is 2.14. The van der Waals surface area contributed by atoms with Crippen molar-refractivity contribution in [2.75, 3.05) is 0 Å². The zero-order chi connectivity index (χ0) is 18.9. The zero-order valence-corrected chi connectivity index (χ0v) is 14.5. The van der Waals surface area contributed by atoms with Crippen LogP contribution in [0, 0.1) is 0 Å². The molecule has 134 valence electrons. The van der Waals surface area contributed by atoms with Gasteiger partial charge in [0.25, 0.3) is 11.8 Å². The Labute approximate surface area is 157 Å². The number of amides is 2. The molecular formula is C21H18N4O2. The molecule has 0 radical (unpaired) electrons. The van der Waals surface area contributed by atoms with Crippen LogP contribution < -0.4 is 10.6 Å². The summed E-state index contributed by atoms with van der Waals surface area (Å²) >= 11 is 0. The van der Waals surface area contributed by atoms with Gasteiger partial charge in [-0.15, -0.1) is 0 Å². The number of nitrogens with one attached hydrogen (secondary N) is 2. The minimum absolute atomic E-state index is 0.140. The maximum atomic E-state index is 12.7. The topological polar surface area (TPSA) is 84.0 Å². The Morgan fingerprint density at radius 3 is 2.30 bits per heavy atom. The standard InChI is InChI=1S/C21H18N4O2/c26-20(18-8-2-1-3-9-18)25-19(12-16-6-4-10-22-13-16)21(27)24-15-17-7-5-11-23-14-17/h1-14H,15H2,(H,24,27)(H,25,26)/b19-12-. The summed E-state index contributed by atoms with van der Waals surface area (Å²) in [6.07, 6.45) is 8.18. The van der Waals surface area contributed by atoms with Crippen molar-refractivity contribution in [3.63, 3.8) is 0 Å². The number of hydrogen-bond donors (Lipinski definition) is 2. The SMILES string of the molecule is O=C(NCc1cccnc1)/C(=C/c1cccnc1)NC(=O)c1ccccc1. The number of pyridine rings is 2. The first-order valence-electron chi connectivity index (χ1n) is 8.37. The Morgan fingerprint density at radius 2 is 1.63 bits per heavy atom. The largest absolute Gasteiger partial charge is 0.347 e. The van der Waals surface area contributed by atoms with E-state index in [4.69, 9.17) is 0 Å². The van der Waals surface area contributed by atoms with Crippen molar-refractivity contribution in [1.82, 2.24) is 20.6 Å². The Morgan fingerprint density at radius 1 is 0.889 bits per heavy atom. The van der Waals surface area contributed by atoms with Crippen LogP contribution in [-0.4, -0.2) is 21.8 Å². The fourth-order valence-electron chi connectivity index (χ4n) is 2.35. The van der Waals surface area contributed by atoms with Crippen molar-refractivity contribution < 1.29 is 9.59 Å². The minimum Gasteiger partial charge on any atom is -0.347 e. The maximum absolute atomic E-state index is 12.7. The second-order valence-corrected chi connectivity index (χ2v) is 5.71. The number of hydrogen-bond acceptors (Lipinski definition) is 4. The highest BCUT2D eigenvalue weighted by Crippen LogP contribution is 2.06. The highest BCUT2D eigenvalue weighted by molar-refractivity contribution is 6.05. The molecule has 0 atom stereocenters. The second-order valence-electron chi connectivity index (χ2n) is 5.71. The van der Waals surface area contributed by atoms with Gasteiger partial charge in [0.2, 0.25) is 0 Å². The summed E-state index contributed by atoms with van der Waals surface area (Å²) in [4.78, 5) is 33.2. The van der Waals surface area contributed by atoms with Crippen molar-refractivity contribution in [1.29, 1.82) is 0 Å². The van der Waals surface area contributed by atoms with Crippen molar-refractivity contribution in [2.45, 2.75) is 6.54 Å². The molecule has 6 nitrogen and oxygen atoms in total. The van der Waals surface area contributed by atoms with E-state index >= 15 is 0 Å². The van der Waals surface area contributed by atoms with Gasteiger partial charge in [-0.25, -0.2) is 0 Å². The molecule has 0 aliphatic rings. The summed E-state index contributed by atoms with van der Waals surface area (Å²) in [6.45, 7) is 0.304. The zero-order valence-electron chi connectivity index (χ0n) is 14.5. The summed E-state index contributed by atoms with van der Waals surface area (Å²) < 4.78 is 0. The van der Waals surface area contributed by atoms with Gasteiger partial charge in [0.15, 0.2) is 0 Å². The normalized spacial score (nSPS) is 10.9. The molecule has 0 saturated heterocycles. The number of rotatable bonds is 6. The van der Waals surface area contributed by atoms with Gasteiger partial charge in [-0.3, -0.25) is 19.6 Å². The highest BCUT2D eigenvalue weighted by atomic mass is 16.2. The maximum Gasteiger partial charge on any atom is 0.268 e. The first-order chi connectivity index (χ1) is 13.2. The Balaban J connectivity index is 1.78. The van der Waals surface area contributed by atoms with Crippen molar-refractivity contribution >= 4 is 17.9 Å². The Bertz CT molecular complexity index is 926. The molecule has 0 aliphatic carbocycles. The third-order valence-electron chi connectivity index (χ3n) is 3.70. The Kier molecular flexibility index (Phi) is 6.04. The molecule has 0 bridgehead atoms. The molecule has 2 N–H and O–H groups in total. The van der Waals surface area contributed by atoms with E-state index in [2.05, 4.69) is 20.6 Å². The summed E-state index contributed by atoms with van der Waals surface area (Å²) in [6, 6.07) is 15.9. The first-order valence-corrected chi connectivity index (χ1v) is 8.37. The summed E-state index contributed by atoms with van der Waals surface area (Å²) in [5.74, 6) is -0.755. The summed E-state index contributed by atoms with van der Waals surface area (Å²) in [5.41, 5.74) is 2.17. The van der Waals surface area contributed by atoms with Crippen molar-refractivity contribution in [3.05, 3.63) is 102 Å². The van der Waals surface area contributed by atoms with Crippen LogP contribution in [0.5, 0.6) is 0 Å². The first kappa shape index (κ1) is 18.0. The molecule has 2 amide bonds. The molecule has 27 heavy (non-hydrogen) atoms. The van der Waals surface area contributed by atoms with Gasteiger partial charge in [0.1, 0.15) is 5.70 Å². The quantitative estimate of drug-likeness (QED) is 0.664. The van der Waals surface area contributed by atoms with Crippen molar-refractivity contribution in [2.24, 2.45) is 0 Å². The summed E-state index contributed by atoms with van der Waals surface area (Å²) in [5, 5.41) is 5.48. The van der Waals surface area contributed by atoms with Crippen LogP contribution in [0.2, 0.25) is 0 Å². The lowest BCUT2D eigenvalue weighted by Gasteiger charge is -2.11. The van der Waals surface area contributed by atoms with Crippen LogP contribution >= 0.6 is 0 Å². The fraction of sp³-hybridized carbons (Fsp3) is 0.0476. The van der Waals surface area contributed by atoms with Crippen LogP contribution in [0.4, 0.5) is 0 Å². The molecule has 2 heterocycles. The predicted molar refractivity (Wildman–Crippen MR) is 102 cm³/mol. The molecule has 0 spiro atoms. The average Bonchev–Trinajstić information content (AvgIpc) is 2.73. The monoisotopic (exact) mass is 358 g/mol. The van der Waals surface area contributed by atoms with Crippen LogP contribution in [0.3, 0.4) is 0 Å². The van der Waals surface area contributed by atoms with Gasteiger partial charge < -0.3 is 10.6 Å². The van der Waals surface area contributed by atoms with Gasteiger partial charge in [-0.2, -0.15) is 0 Å². The summed E-state index contributed by atoms with van der Waals surface area (Å²) in [7, 11) is 0. The fourth-order valence-corrected chi connectivity index (χ4v) is 2.35. The van der Waals surface area contributed by atoms with Crippen LogP contribution in [0.15, 0.2) is 85.1 Å². The third-order valence-corrected chi connectivity index (χ3v) is 3.70. The van der Waals surface area contributed by atoms with E-state index in [1.165, 1.54) is 0 Å². The number of nitrogens with zero attached hydrogens (tertiary/aromatic N) is 2. The smallest absolute Gasteiger partial charge is 0.268 e. The van der Waals surface area contributed by atoms with E-state index < -0.39 is 5.91 Å². The molecule has 3 aromatic rings. The van der Waals surface area contributed by atoms with Gasteiger partial charge >= 0.3 is 0 Å². The Hall–Kier alpha value is -3.80. The third kappa shape index (κ3) is 5.34. The predicted octanol–water partition coefficient (Wildman–Crippen LogP) is 2.56. The lowest BCUT2D eigenvalue weighted by atomic mass is 10.2. The minimum atomic E-state index is -0.396. The van der Waals surface area contributed by atoms with Crippen LogP contribution in [0.1, 0.15) is 21.5 Å². The average molecular weight is 358 g/mol. The molecule has 0 saturated carbocycles. The van der Waals surface area contributed by atoms with Crippen molar-refractivity contribution in [3.8, 4) is 0 Å². The molecule has 6 heteroatoms. The molecule has 3 rings (SSSR count). The lowest BCUT2D eigenvalue weighted by molar-refractivity contribution is -0.117. The van der Waals surface area contributed by atoms with E-state index in [0.29, 0.717) is 17.7 Å². The second kappa shape index (κ2) is 9.05. The lowest BCUT2D eigenvalue weighted by Crippen LogP contribution is -2.34. The number of carbonyl (C=O) groups is 2. The molecule has 0 fully saturated rings.